The lowest BCUT2D eigenvalue weighted by molar-refractivity contribution is 0.0604. The first-order valence-corrected chi connectivity index (χ1v) is 7.37. The van der Waals surface area contributed by atoms with Crippen LogP contribution in [0.5, 0.6) is 0 Å². The molecule has 1 aromatic carbocycles. The van der Waals surface area contributed by atoms with Gasteiger partial charge >= 0.3 is 6.55 Å². The summed E-state index contributed by atoms with van der Waals surface area (Å²) in [5, 5.41) is 0. The summed E-state index contributed by atoms with van der Waals surface area (Å²) in [7, 11) is 1.44. The molecule has 0 aliphatic carbocycles. The van der Waals surface area contributed by atoms with E-state index in [9.17, 15) is 18.0 Å². The second kappa shape index (κ2) is 6.84. The van der Waals surface area contributed by atoms with Crippen LogP contribution in [0.1, 0.15) is 22.9 Å². The third-order valence-electron chi connectivity index (χ3n) is 3.64. The lowest BCUT2D eigenvalue weighted by atomic mass is 10.1. The summed E-state index contributed by atoms with van der Waals surface area (Å²) >= 11 is 0. The molecule has 1 amide bonds. The fourth-order valence-corrected chi connectivity index (χ4v) is 2.37. The summed E-state index contributed by atoms with van der Waals surface area (Å²) in [4.78, 5) is 17.4. The number of furan rings is 1. The molecule has 0 spiro atoms. The van der Waals surface area contributed by atoms with Crippen LogP contribution in [0, 0.1) is 5.82 Å². The molecule has 0 bridgehead atoms. The van der Waals surface area contributed by atoms with Crippen molar-refractivity contribution in [1.82, 2.24) is 14.5 Å². The summed E-state index contributed by atoms with van der Waals surface area (Å²) < 4.78 is 45.5. The van der Waals surface area contributed by atoms with Gasteiger partial charge in [0.25, 0.3) is 5.91 Å². The van der Waals surface area contributed by atoms with Gasteiger partial charge in [0.1, 0.15) is 17.4 Å². The van der Waals surface area contributed by atoms with Crippen LogP contribution in [-0.4, -0.2) is 27.4 Å². The molecule has 0 atom stereocenters. The Labute approximate surface area is 141 Å². The number of carbonyl (C=O) groups excluding carboxylic acids is 1. The molecule has 130 valence electrons. The highest BCUT2D eigenvalue weighted by Crippen LogP contribution is 2.25. The van der Waals surface area contributed by atoms with Crippen molar-refractivity contribution in [3.05, 3.63) is 66.2 Å². The van der Waals surface area contributed by atoms with Gasteiger partial charge in [-0.1, -0.05) is 12.1 Å². The van der Waals surface area contributed by atoms with Crippen molar-refractivity contribution in [2.45, 2.75) is 13.1 Å². The third kappa shape index (κ3) is 3.42. The van der Waals surface area contributed by atoms with Gasteiger partial charge in [-0.25, -0.2) is 9.37 Å². The number of amides is 1. The molecule has 3 rings (SSSR count). The lowest BCUT2D eigenvalue weighted by Gasteiger charge is -2.16. The van der Waals surface area contributed by atoms with E-state index < -0.39 is 18.3 Å². The second-order valence-corrected chi connectivity index (χ2v) is 5.33. The van der Waals surface area contributed by atoms with Crippen LogP contribution < -0.4 is 0 Å². The molecule has 0 N–H and O–H groups in total. The molecule has 2 aromatic heterocycles. The van der Waals surface area contributed by atoms with Gasteiger partial charge in [0, 0.05) is 19.4 Å². The Balaban J connectivity index is 1.77. The van der Waals surface area contributed by atoms with Crippen LogP contribution in [-0.2, 0) is 6.54 Å². The van der Waals surface area contributed by atoms with Gasteiger partial charge in [0.05, 0.1) is 12.1 Å². The summed E-state index contributed by atoms with van der Waals surface area (Å²) in [6.45, 7) is -2.86. The van der Waals surface area contributed by atoms with E-state index in [0.29, 0.717) is 4.57 Å². The van der Waals surface area contributed by atoms with E-state index in [4.69, 9.17) is 4.42 Å². The Morgan fingerprint density at radius 3 is 2.76 bits per heavy atom. The average Bonchev–Trinajstić information content (AvgIpc) is 3.23. The molecule has 3 aromatic rings. The highest BCUT2D eigenvalue weighted by Gasteiger charge is 2.20. The van der Waals surface area contributed by atoms with Gasteiger partial charge < -0.3 is 9.32 Å². The molecule has 0 aliphatic rings. The monoisotopic (exact) mass is 349 g/mol. The standard InChI is InChI=1S/C17H14F3N3O2/c1-22(10-15-21-8-9-23(15)17(19)20)16(24)14-7-6-13(25-14)11-4-2-3-5-12(11)18/h2-9,17H,10H2,1H3. The largest absolute Gasteiger partial charge is 0.451 e. The van der Waals surface area contributed by atoms with Gasteiger partial charge in [-0.2, -0.15) is 8.78 Å². The van der Waals surface area contributed by atoms with E-state index in [2.05, 4.69) is 4.98 Å². The van der Waals surface area contributed by atoms with Crippen molar-refractivity contribution < 1.29 is 22.4 Å². The number of imidazole rings is 1. The molecule has 8 heteroatoms. The smallest absolute Gasteiger partial charge is 0.319 e. The summed E-state index contributed by atoms with van der Waals surface area (Å²) in [5.74, 6) is -0.749. The Morgan fingerprint density at radius 2 is 2.04 bits per heavy atom. The van der Waals surface area contributed by atoms with E-state index >= 15 is 0 Å². The van der Waals surface area contributed by atoms with Crippen molar-refractivity contribution >= 4 is 5.91 Å². The van der Waals surface area contributed by atoms with Crippen molar-refractivity contribution in [2.75, 3.05) is 7.05 Å². The molecule has 0 unspecified atom stereocenters. The number of carbonyl (C=O) groups is 1. The number of aromatic nitrogens is 2. The molecule has 5 nitrogen and oxygen atoms in total. The van der Waals surface area contributed by atoms with Gasteiger partial charge in [0.2, 0.25) is 0 Å². The Bertz CT molecular complexity index is 889. The van der Waals surface area contributed by atoms with E-state index in [1.54, 1.807) is 12.1 Å². The zero-order valence-corrected chi connectivity index (χ0v) is 13.2. The minimum atomic E-state index is -2.74. The van der Waals surface area contributed by atoms with Crippen molar-refractivity contribution in [3.8, 4) is 11.3 Å². The van der Waals surface area contributed by atoms with Crippen LogP contribution in [0.25, 0.3) is 11.3 Å². The number of benzene rings is 1. The minimum absolute atomic E-state index is 0.0177. The van der Waals surface area contributed by atoms with Gasteiger partial charge in [-0.05, 0) is 24.3 Å². The number of alkyl halides is 2. The maximum absolute atomic E-state index is 13.8. The Hall–Kier alpha value is -3.03. The van der Waals surface area contributed by atoms with Crippen LogP contribution in [0.3, 0.4) is 0 Å². The molecule has 25 heavy (non-hydrogen) atoms. The topological polar surface area (TPSA) is 51.3 Å². The minimum Gasteiger partial charge on any atom is -0.451 e. The quantitative estimate of drug-likeness (QED) is 0.701. The maximum Gasteiger partial charge on any atom is 0.319 e. The summed E-state index contributed by atoms with van der Waals surface area (Å²) in [5.41, 5.74) is 0.234. The maximum atomic E-state index is 13.8. The van der Waals surface area contributed by atoms with Gasteiger partial charge in [0.15, 0.2) is 5.76 Å². The molecular formula is C17H14F3N3O2. The van der Waals surface area contributed by atoms with Crippen molar-refractivity contribution in [1.29, 1.82) is 0 Å². The van der Waals surface area contributed by atoms with Crippen LogP contribution in [0.4, 0.5) is 13.2 Å². The first-order valence-electron chi connectivity index (χ1n) is 7.37. The predicted octanol–water partition coefficient (Wildman–Crippen LogP) is 3.95. The molecule has 0 aliphatic heterocycles. The molecular weight excluding hydrogens is 335 g/mol. The van der Waals surface area contributed by atoms with Crippen LogP contribution in [0.15, 0.2) is 53.2 Å². The van der Waals surface area contributed by atoms with Crippen molar-refractivity contribution in [3.63, 3.8) is 0 Å². The summed E-state index contributed by atoms with van der Waals surface area (Å²) in [6.07, 6.45) is 2.38. The molecule has 0 fully saturated rings. The molecule has 0 saturated heterocycles. The number of hydrogen-bond donors (Lipinski definition) is 0. The molecule has 0 saturated carbocycles. The predicted molar refractivity (Wildman–Crippen MR) is 83.4 cm³/mol. The second-order valence-electron chi connectivity index (χ2n) is 5.33. The van der Waals surface area contributed by atoms with Crippen LogP contribution in [0.2, 0.25) is 0 Å². The summed E-state index contributed by atoms with van der Waals surface area (Å²) in [6, 6.07) is 8.92. The third-order valence-corrected chi connectivity index (χ3v) is 3.64. The lowest BCUT2D eigenvalue weighted by Crippen LogP contribution is -2.27. The highest BCUT2D eigenvalue weighted by molar-refractivity contribution is 5.91. The zero-order valence-electron chi connectivity index (χ0n) is 13.2. The first-order chi connectivity index (χ1) is 12.0. The Kier molecular flexibility index (Phi) is 4.60. The zero-order chi connectivity index (χ0) is 18.0. The fourth-order valence-electron chi connectivity index (χ4n) is 2.37. The van der Waals surface area contributed by atoms with Crippen molar-refractivity contribution in [2.24, 2.45) is 0 Å². The number of hydrogen-bond acceptors (Lipinski definition) is 3. The first kappa shape index (κ1) is 16.8. The molecule has 2 heterocycles. The SMILES string of the molecule is CN(Cc1nccn1C(F)F)C(=O)c1ccc(-c2ccccc2F)o1. The van der Waals surface area contributed by atoms with E-state index in [1.165, 1.54) is 42.4 Å². The van der Waals surface area contributed by atoms with E-state index in [1.807, 2.05) is 0 Å². The number of rotatable bonds is 5. The number of nitrogens with zero attached hydrogens (tertiary/aromatic N) is 3. The van der Waals surface area contributed by atoms with Gasteiger partial charge in [-0.3, -0.25) is 9.36 Å². The van der Waals surface area contributed by atoms with E-state index in [0.717, 1.165) is 6.20 Å². The normalized spacial score (nSPS) is 11.1. The van der Waals surface area contributed by atoms with E-state index in [-0.39, 0.29) is 29.5 Å². The van der Waals surface area contributed by atoms with Gasteiger partial charge in [-0.15, -0.1) is 0 Å². The highest BCUT2D eigenvalue weighted by atomic mass is 19.3. The van der Waals surface area contributed by atoms with Crippen LogP contribution >= 0.6 is 0 Å². The molecule has 0 radical (unpaired) electrons. The average molecular weight is 349 g/mol. The Morgan fingerprint density at radius 1 is 1.28 bits per heavy atom. The fraction of sp³-hybridized carbons (Fsp3) is 0.176. The number of halogens is 3.